The van der Waals surface area contributed by atoms with Crippen LogP contribution in [0.2, 0.25) is 6.04 Å². The predicted molar refractivity (Wildman–Crippen MR) is 127 cm³/mol. The van der Waals surface area contributed by atoms with Crippen molar-refractivity contribution in [2.75, 3.05) is 25.7 Å². The molecule has 31 heavy (non-hydrogen) atoms. The lowest BCUT2D eigenvalue weighted by atomic mass is 9.74. The molecule has 2 aliphatic carbocycles. The maximum absolute atomic E-state index is 11.8. The van der Waals surface area contributed by atoms with Crippen LogP contribution in [0.15, 0.2) is 0 Å². The number of carbonyl (C=O) groups is 1. The summed E-state index contributed by atoms with van der Waals surface area (Å²) in [6.45, 7) is 7.94. The van der Waals surface area contributed by atoms with Crippen LogP contribution in [0, 0.1) is 17.8 Å². The molecule has 3 atom stereocenters. The molecule has 2 aliphatic rings. The number of alkyl halides is 1. The molecule has 0 N–H and O–H groups in total. The van der Waals surface area contributed by atoms with Gasteiger partial charge >= 0.3 is 14.8 Å². The van der Waals surface area contributed by atoms with E-state index in [1.165, 1.54) is 38.5 Å². The first-order valence-corrected chi connectivity index (χ1v) is 15.2. The SMILES string of the molecule is CCO[Si](CCC1CCC(OC(=O)CCl)CCC1C1CCCCCC1)(OCC)OCC. The van der Waals surface area contributed by atoms with E-state index in [9.17, 15) is 4.79 Å². The molecular weight excluding hydrogens is 432 g/mol. The van der Waals surface area contributed by atoms with E-state index in [1.54, 1.807) is 0 Å². The molecule has 0 aromatic rings. The zero-order valence-electron chi connectivity index (χ0n) is 20.0. The van der Waals surface area contributed by atoms with Crippen molar-refractivity contribution in [1.29, 1.82) is 0 Å². The van der Waals surface area contributed by atoms with Crippen molar-refractivity contribution in [3.05, 3.63) is 0 Å². The molecule has 0 heterocycles. The molecule has 0 bridgehead atoms. The van der Waals surface area contributed by atoms with Crippen LogP contribution >= 0.6 is 11.6 Å². The molecule has 2 saturated carbocycles. The smallest absolute Gasteiger partial charge is 0.461 e. The Morgan fingerprint density at radius 1 is 0.839 bits per heavy atom. The summed E-state index contributed by atoms with van der Waals surface area (Å²) in [5.41, 5.74) is 0. The summed E-state index contributed by atoms with van der Waals surface area (Å²) in [6.07, 6.45) is 13.4. The Labute approximate surface area is 196 Å². The molecule has 0 spiro atoms. The Hall–Kier alpha value is -0.143. The van der Waals surface area contributed by atoms with E-state index in [0.717, 1.165) is 44.1 Å². The number of halogens is 1. The fraction of sp³-hybridized carbons (Fsp3) is 0.958. The van der Waals surface area contributed by atoms with Gasteiger partial charge in [0.05, 0.1) is 0 Å². The van der Waals surface area contributed by atoms with Crippen LogP contribution in [0.25, 0.3) is 0 Å². The Balaban J connectivity index is 2.12. The summed E-state index contributed by atoms with van der Waals surface area (Å²) in [6, 6.07) is 0.878. The molecule has 182 valence electrons. The van der Waals surface area contributed by atoms with Gasteiger partial charge in [-0.2, -0.15) is 0 Å². The first kappa shape index (κ1) is 27.1. The average Bonchev–Trinajstić information content (AvgIpc) is 3.14. The van der Waals surface area contributed by atoms with Crippen molar-refractivity contribution in [2.45, 2.75) is 104 Å². The van der Waals surface area contributed by atoms with Gasteiger partial charge in [0.25, 0.3) is 0 Å². The van der Waals surface area contributed by atoms with E-state index in [4.69, 9.17) is 29.6 Å². The van der Waals surface area contributed by atoms with E-state index in [1.807, 2.05) is 20.8 Å². The Morgan fingerprint density at radius 3 is 1.97 bits per heavy atom. The van der Waals surface area contributed by atoms with Crippen molar-refractivity contribution in [2.24, 2.45) is 17.8 Å². The third-order valence-corrected chi connectivity index (χ3v) is 10.4. The van der Waals surface area contributed by atoms with E-state index < -0.39 is 8.80 Å². The second kappa shape index (κ2) is 14.9. The monoisotopic (exact) mass is 476 g/mol. The van der Waals surface area contributed by atoms with Gasteiger partial charge in [0, 0.05) is 25.9 Å². The van der Waals surface area contributed by atoms with Gasteiger partial charge in [0.1, 0.15) is 12.0 Å². The van der Waals surface area contributed by atoms with Gasteiger partial charge < -0.3 is 18.0 Å². The summed E-state index contributed by atoms with van der Waals surface area (Å²) in [4.78, 5) is 11.8. The highest BCUT2D eigenvalue weighted by molar-refractivity contribution is 6.60. The molecule has 0 radical (unpaired) electrons. The van der Waals surface area contributed by atoms with E-state index in [2.05, 4.69) is 0 Å². The molecule has 3 unspecified atom stereocenters. The fourth-order valence-corrected chi connectivity index (χ4v) is 8.58. The number of hydrogen-bond acceptors (Lipinski definition) is 5. The highest BCUT2D eigenvalue weighted by atomic mass is 35.5. The predicted octanol–water partition coefficient (Wildman–Crippen LogP) is 6.35. The Morgan fingerprint density at radius 2 is 1.42 bits per heavy atom. The third kappa shape index (κ3) is 8.96. The summed E-state index contributed by atoms with van der Waals surface area (Å²) >= 11 is 5.69. The zero-order chi connectivity index (χ0) is 22.5. The number of hydrogen-bond donors (Lipinski definition) is 0. The molecule has 2 rings (SSSR count). The first-order valence-electron chi connectivity index (χ1n) is 12.7. The van der Waals surface area contributed by atoms with Crippen LogP contribution in [-0.2, 0) is 22.8 Å². The van der Waals surface area contributed by atoms with Gasteiger partial charge in [-0.25, -0.2) is 0 Å². The molecule has 0 aromatic heterocycles. The van der Waals surface area contributed by atoms with Crippen molar-refractivity contribution >= 4 is 26.4 Å². The number of ether oxygens (including phenoxy) is 1. The number of carbonyl (C=O) groups excluding carboxylic acids is 1. The Kier molecular flexibility index (Phi) is 13.0. The second-order valence-electron chi connectivity index (χ2n) is 9.10. The van der Waals surface area contributed by atoms with Gasteiger partial charge in [-0.1, -0.05) is 38.5 Å². The average molecular weight is 477 g/mol. The molecular formula is C24H45ClO5Si. The van der Waals surface area contributed by atoms with Gasteiger partial charge in [0.2, 0.25) is 0 Å². The van der Waals surface area contributed by atoms with Crippen LogP contribution in [0.1, 0.15) is 91.4 Å². The van der Waals surface area contributed by atoms with Crippen molar-refractivity contribution in [3.8, 4) is 0 Å². The van der Waals surface area contributed by atoms with Crippen molar-refractivity contribution in [1.82, 2.24) is 0 Å². The van der Waals surface area contributed by atoms with Gasteiger partial charge in [-0.15, -0.1) is 11.6 Å². The van der Waals surface area contributed by atoms with Crippen LogP contribution in [0.3, 0.4) is 0 Å². The summed E-state index contributed by atoms with van der Waals surface area (Å²) in [7, 11) is -2.64. The fourth-order valence-electron chi connectivity index (χ4n) is 5.79. The lowest BCUT2D eigenvalue weighted by molar-refractivity contribution is -0.146. The summed E-state index contributed by atoms with van der Waals surface area (Å²) in [5.74, 6) is 1.74. The minimum absolute atomic E-state index is 0.0113. The van der Waals surface area contributed by atoms with Crippen LogP contribution < -0.4 is 0 Å². The lowest BCUT2D eigenvalue weighted by Crippen LogP contribution is -2.46. The summed E-state index contributed by atoms with van der Waals surface area (Å²) in [5, 5.41) is 0. The van der Waals surface area contributed by atoms with E-state index in [0.29, 0.717) is 31.7 Å². The topological polar surface area (TPSA) is 54.0 Å². The molecule has 5 nitrogen and oxygen atoms in total. The lowest BCUT2D eigenvalue weighted by Gasteiger charge is -2.35. The van der Waals surface area contributed by atoms with Gasteiger partial charge in [-0.3, -0.25) is 4.79 Å². The molecule has 7 heteroatoms. The second-order valence-corrected chi connectivity index (χ2v) is 12.1. The molecule has 0 aromatic carbocycles. The van der Waals surface area contributed by atoms with Gasteiger partial charge in [0.15, 0.2) is 0 Å². The van der Waals surface area contributed by atoms with Crippen LogP contribution in [0.5, 0.6) is 0 Å². The van der Waals surface area contributed by atoms with Crippen LogP contribution in [-0.4, -0.2) is 46.6 Å². The van der Waals surface area contributed by atoms with E-state index >= 15 is 0 Å². The molecule has 0 saturated heterocycles. The minimum Gasteiger partial charge on any atom is -0.461 e. The number of rotatable bonds is 12. The normalized spacial score (nSPS) is 26.3. The molecule has 2 fully saturated rings. The maximum Gasteiger partial charge on any atom is 0.500 e. The van der Waals surface area contributed by atoms with Crippen molar-refractivity contribution in [3.63, 3.8) is 0 Å². The molecule has 0 aliphatic heterocycles. The first-order chi connectivity index (χ1) is 15.1. The summed E-state index contributed by atoms with van der Waals surface area (Å²) < 4.78 is 24.1. The maximum atomic E-state index is 11.8. The highest BCUT2D eigenvalue weighted by Crippen LogP contribution is 2.43. The van der Waals surface area contributed by atoms with Crippen molar-refractivity contribution < 1.29 is 22.8 Å². The van der Waals surface area contributed by atoms with E-state index in [-0.39, 0.29) is 18.0 Å². The Bertz CT molecular complexity index is 481. The number of esters is 1. The zero-order valence-corrected chi connectivity index (χ0v) is 21.8. The highest BCUT2D eigenvalue weighted by Gasteiger charge is 2.42. The largest absolute Gasteiger partial charge is 0.500 e. The van der Waals surface area contributed by atoms with Gasteiger partial charge in [-0.05, 0) is 70.6 Å². The molecule has 0 amide bonds. The standard InChI is InChI=1S/C24H45ClO5Si/c1-4-27-31(28-5-2,29-6-3)18-17-21-13-14-22(30-24(26)19-25)15-16-23(21)20-11-9-7-8-10-12-20/h20-23H,4-19H2,1-3H3. The third-order valence-electron chi connectivity index (χ3n) is 7.11. The quantitative estimate of drug-likeness (QED) is 0.142. The van der Waals surface area contributed by atoms with Crippen LogP contribution in [0.4, 0.5) is 0 Å². The minimum atomic E-state index is -2.64.